The number of benzene rings is 1. The van der Waals surface area contributed by atoms with Crippen LogP contribution in [0, 0.1) is 10.1 Å². The summed E-state index contributed by atoms with van der Waals surface area (Å²) in [5.74, 6) is 0. The summed E-state index contributed by atoms with van der Waals surface area (Å²) in [7, 11) is 0. The van der Waals surface area contributed by atoms with E-state index in [1.165, 1.54) is 24.0 Å². The van der Waals surface area contributed by atoms with Crippen LogP contribution in [-0.2, 0) is 12.8 Å². The third kappa shape index (κ3) is 2.17. The summed E-state index contributed by atoms with van der Waals surface area (Å²) in [5.41, 5.74) is 2.68. The second-order valence-corrected chi connectivity index (χ2v) is 4.98. The molecule has 1 aliphatic carbocycles. The molecule has 3 rings (SSSR count). The molecule has 1 aliphatic heterocycles. The van der Waals surface area contributed by atoms with E-state index in [2.05, 4.69) is 4.90 Å². The quantitative estimate of drug-likeness (QED) is 0.580. The van der Waals surface area contributed by atoms with Gasteiger partial charge in [0.2, 0.25) is 0 Å². The zero-order valence-corrected chi connectivity index (χ0v) is 9.76. The molecular weight excluding hydrogens is 216 g/mol. The topological polar surface area (TPSA) is 46.4 Å². The lowest BCUT2D eigenvalue weighted by molar-refractivity contribution is -0.384. The predicted octanol–water partition coefficient (Wildman–Crippen LogP) is 2.16. The first-order valence-electron chi connectivity index (χ1n) is 6.24. The molecule has 0 N–H and O–H groups in total. The lowest BCUT2D eigenvalue weighted by Gasteiger charge is -2.18. The fraction of sp³-hybridized carbons (Fsp3) is 0.538. The van der Waals surface area contributed by atoms with Crippen LogP contribution in [0.5, 0.6) is 0 Å². The van der Waals surface area contributed by atoms with Gasteiger partial charge in [0.25, 0.3) is 5.69 Å². The smallest absolute Gasteiger partial charge is 0.269 e. The van der Waals surface area contributed by atoms with E-state index in [0.717, 1.165) is 32.0 Å². The van der Waals surface area contributed by atoms with Gasteiger partial charge >= 0.3 is 0 Å². The summed E-state index contributed by atoms with van der Waals surface area (Å²) < 4.78 is 0. The van der Waals surface area contributed by atoms with E-state index in [-0.39, 0.29) is 10.6 Å². The van der Waals surface area contributed by atoms with Crippen molar-refractivity contribution in [2.45, 2.75) is 31.7 Å². The van der Waals surface area contributed by atoms with E-state index in [1.807, 2.05) is 6.07 Å². The zero-order chi connectivity index (χ0) is 11.8. The number of nitro benzene ring substituents is 1. The van der Waals surface area contributed by atoms with Crippen molar-refractivity contribution in [2.75, 3.05) is 13.1 Å². The molecule has 0 bridgehead atoms. The molecule has 4 nitrogen and oxygen atoms in total. The van der Waals surface area contributed by atoms with Crippen LogP contribution in [0.1, 0.15) is 24.0 Å². The molecular formula is C13H16N2O2. The molecule has 0 spiro atoms. The van der Waals surface area contributed by atoms with E-state index in [1.54, 1.807) is 12.1 Å². The Kier molecular flexibility index (Phi) is 2.59. The van der Waals surface area contributed by atoms with Gasteiger partial charge in [0, 0.05) is 31.3 Å². The summed E-state index contributed by atoms with van der Waals surface area (Å²) in [5, 5.41) is 10.8. The summed E-state index contributed by atoms with van der Waals surface area (Å²) in [4.78, 5) is 13.0. The van der Waals surface area contributed by atoms with Crippen LogP contribution in [0.3, 0.4) is 0 Å². The van der Waals surface area contributed by atoms with Gasteiger partial charge in [0.05, 0.1) is 4.92 Å². The average Bonchev–Trinajstić information content (AvgIpc) is 3.13. The summed E-state index contributed by atoms with van der Waals surface area (Å²) in [6.45, 7) is 2.16. The molecule has 90 valence electrons. The highest BCUT2D eigenvalue weighted by Gasteiger charge is 2.29. The lowest BCUT2D eigenvalue weighted by Crippen LogP contribution is -2.28. The van der Waals surface area contributed by atoms with Crippen molar-refractivity contribution in [1.82, 2.24) is 4.90 Å². The van der Waals surface area contributed by atoms with Gasteiger partial charge in [-0.25, -0.2) is 0 Å². The Hall–Kier alpha value is -1.42. The van der Waals surface area contributed by atoms with E-state index in [4.69, 9.17) is 0 Å². The van der Waals surface area contributed by atoms with Crippen LogP contribution < -0.4 is 0 Å². The Morgan fingerprint density at radius 3 is 2.53 bits per heavy atom. The minimum absolute atomic E-state index is 0.226. The first-order chi connectivity index (χ1) is 8.24. The standard InChI is InChI=1S/C13H16N2O2/c16-15(17)13-2-1-10-5-7-14(12-3-4-12)8-6-11(10)9-13/h1-2,9,12H,3-8H2. The average molecular weight is 232 g/mol. The molecule has 0 aromatic heterocycles. The summed E-state index contributed by atoms with van der Waals surface area (Å²) >= 11 is 0. The van der Waals surface area contributed by atoms with Crippen molar-refractivity contribution in [2.24, 2.45) is 0 Å². The van der Waals surface area contributed by atoms with E-state index in [9.17, 15) is 10.1 Å². The number of nitro groups is 1. The van der Waals surface area contributed by atoms with Crippen LogP contribution in [0.15, 0.2) is 18.2 Å². The highest BCUT2D eigenvalue weighted by atomic mass is 16.6. The molecule has 1 aromatic rings. The van der Waals surface area contributed by atoms with Gasteiger partial charge in [0.15, 0.2) is 0 Å². The second-order valence-electron chi connectivity index (χ2n) is 4.98. The maximum Gasteiger partial charge on any atom is 0.269 e. The second kappa shape index (κ2) is 4.11. The first-order valence-corrected chi connectivity index (χ1v) is 6.24. The lowest BCUT2D eigenvalue weighted by atomic mass is 10.0. The molecule has 0 atom stereocenters. The molecule has 2 aliphatic rings. The fourth-order valence-corrected chi connectivity index (χ4v) is 2.65. The minimum Gasteiger partial charge on any atom is -0.300 e. The Morgan fingerprint density at radius 2 is 1.88 bits per heavy atom. The molecule has 4 heteroatoms. The van der Waals surface area contributed by atoms with Crippen LogP contribution in [0.4, 0.5) is 5.69 Å². The largest absolute Gasteiger partial charge is 0.300 e. The Balaban J connectivity index is 1.82. The molecule has 1 heterocycles. The van der Waals surface area contributed by atoms with E-state index < -0.39 is 0 Å². The van der Waals surface area contributed by atoms with Gasteiger partial charge in [-0.1, -0.05) is 6.07 Å². The zero-order valence-electron chi connectivity index (χ0n) is 9.76. The fourth-order valence-electron chi connectivity index (χ4n) is 2.65. The van der Waals surface area contributed by atoms with Gasteiger partial charge in [-0.05, 0) is 36.8 Å². The molecule has 17 heavy (non-hydrogen) atoms. The first kappa shape index (κ1) is 10.7. The third-order valence-corrected chi connectivity index (χ3v) is 3.80. The van der Waals surface area contributed by atoms with Crippen molar-refractivity contribution in [1.29, 1.82) is 0 Å². The third-order valence-electron chi connectivity index (χ3n) is 3.80. The normalized spacial score (nSPS) is 20.7. The SMILES string of the molecule is O=[N+]([O-])c1ccc2c(c1)CCN(C1CC1)CC2. The molecule has 0 saturated heterocycles. The highest BCUT2D eigenvalue weighted by molar-refractivity contribution is 5.40. The number of fused-ring (bicyclic) bond motifs is 1. The number of hydrogen-bond donors (Lipinski definition) is 0. The van der Waals surface area contributed by atoms with Gasteiger partial charge in [-0.2, -0.15) is 0 Å². The van der Waals surface area contributed by atoms with Gasteiger partial charge in [-0.3, -0.25) is 15.0 Å². The van der Waals surface area contributed by atoms with Gasteiger partial charge < -0.3 is 0 Å². The number of non-ortho nitro benzene ring substituents is 1. The van der Waals surface area contributed by atoms with Crippen molar-refractivity contribution < 1.29 is 4.92 Å². The van der Waals surface area contributed by atoms with Crippen molar-refractivity contribution in [3.63, 3.8) is 0 Å². The van der Waals surface area contributed by atoms with Crippen molar-refractivity contribution >= 4 is 5.69 Å². The Morgan fingerprint density at radius 1 is 1.18 bits per heavy atom. The monoisotopic (exact) mass is 232 g/mol. The summed E-state index contributed by atoms with van der Waals surface area (Å²) in [6.07, 6.45) is 4.64. The number of nitrogens with zero attached hydrogens (tertiary/aromatic N) is 2. The molecule has 0 amide bonds. The van der Waals surface area contributed by atoms with Crippen molar-refractivity contribution in [3.05, 3.63) is 39.4 Å². The molecule has 0 radical (unpaired) electrons. The van der Waals surface area contributed by atoms with Crippen LogP contribution in [0.25, 0.3) is 0 Å². The van der Waals surface area contributed by atoms with E-state index >= 15 is 0 Å². The number of rotatable bonds is 2. The maximum absolute atomic E-state index is 10.8. The van der Waals surface area contributed by atoms with E-state index in [0.29, 0.717) is 0 Å². The van der Waals surface area contributed by atoms with Crippen LogP contribution >= 0.6 is 0 Å². The highest BCUT2D eigenvalue weighted by Crippen LogP contribution is 2.29. The number of hydrogen-bond acceptors (Lipinski definition) is 3. The van der Waals surface area contributed by atoms with Crippen molar-refractivity contribution in [3.8, 4) is 0 Å². The minimum atomic E-state index is -0.302. The van der Waals surface area contributed by atoms with Gasteiger partial charge in [-0.15, -0.1) is 0 Å². The van der Waals surface area contributed by atoms with Crippen LogP contribution in [-0.4, -0.2) is 29.0 Å². The Bertz CT molecular complexity index is 455. The summed E-state index contributed by atoms with van der Waals surface area (Å²) in [6, 6.07) is 6.11. The predicted molar refractivity (Wildman–Crippen MR) is 65.1 cm³/mol. The molecule has 0 unspecified atom stereocenters. The van der Waals surface area contributed by atoms with Gasteiger partial charge in [0.1, 0.15) is 0 Å². The maximum atomic E-state index is 10.8. The molecule has 1 saturated carbocycles. The Labute approximate surface area is 100 Å². The molecule has 1 fully saturated rings. The van der Waals surface area contributed by atoms with Crippen LogP contribution in [0.2, 0.25) is 0 Å². The molecule has 1 aromatic carbocycles.